The molecule has 7 heteroatoms. The highest BCUT2D eigenvalue weighted by Crippen LogP contribution is 2.27. The molecule has 5 rings (SSSR count). The van der Waals surface area contributed by atoms with E-state index in [4.69, 9.17) is 4.98 Å². The maximum absolute atomic E-state index is 14.4. The number of aromatic nitrogens is 2. The Morgan fingerprint density at radius 1 is 0.919 bits per heavy atom. The van der Waals surface area contributed by atoms with E-state index in [-0.39, 0.29) is 17.8 Å². The molecule has 1 atom stereocenters. The highest BCUT2D eigenvalue weighted by molar-refractivity contribution is 5.99. The summed E-state index contributed by atoms with van der Waals surface area (Å²) in [5.41, 5.74) is 4.06. The van der Waals surface area contributed by atoms with Crippen molar-refractivity contribution in [2.24, 2.45) is 0 Å². The van der Waals surface area contributed by atoms with Gasteiger partial charge in [-0.15, -0.1) is 0 Å². The van der Waals surface area contributed by atoms with Crippen LogP contribution in [-0.2, 0) is 0 Å². The number of nitrogens with one attached hydrogen (secondary N) is 1. The Hall–Kier alpha value is -4.26. The lowest BCUT2D eigenvalue weighted by molar-refractivity contribution is 0.0939. The van der Waals surface area contributed by atoms with Gasteiger partial charge >= 0.3 is 0 Å². The first-order valence-corrected chi connectivity index (χ1v) is 12.5. The second-order valence-electron chi connectivity index (χ2n) is 9.33. The third-order valence-electron chi connectivity index (χ3n) is 6.71. The van der Waals surface area contributed by atoms with E-state index in [2.05, 4.69) is 15.2 Å². The molecule has 188 valence electrons. The van der Waals surface area contributed by atoms with E-state index in [1.54, 1.807) is 18.3 Å². The van der Waals surface area contributed by atoms with E-state index < -0.39 is 0 Å². The Kier molecular flexibility index (Phi) is 7.12. The van der Waals surface area contributed by atoms with Crippen LogP contribution in [0.15, 0.2) is 85.1 Å². The zero-order valence-electron chi connectivity index (χ0n) is 21.1. The number of halogens is 1. The smallest absolute Gasteiger partial charge is 0.257 e. The normalized spacial score (nSPS) is 14.4. The number of benzene rings is 3. The number of anilines is 2. The van der Waals surface area contributed by atoms with Gasteiger partial charge in [-0.3, -0.25) is 4.79 Å². The minimum Gasteiger partial charge on any atom is -0.366 e. The average Bonchev–Trinajstić information content (AvgIpc) is 2.93. The molecule has 37 heavy (non-hydrogen) atoms. The fraction of sp³-hybridized carbons (Fsp3) is 0.233. The molecule has 1 saturated heterocycles. The number of para-hydroxylation sites is 1. The fourth-order valence-electron chi connectivity index (χ4n) is 4.66. The van der Waals surface area contributed by atoms with Gasteiger partial charge in [-0.25, -0.2) is 14.4 Å². The van der Waals surface area contributed by atoms with Crippen molar-refractivity contribution in [2.45, 2.75) is 19.9 Å². The summed E-state index contributed by atoms with van der Waals surface area (Å²) in [5, 5.41) is 3.10. The monoisotopic (exact) mass is 495 g/mol. The third-order valence-corrected chi connectivity index (χ3v) is 6.71. The summed E-state index contributed by atoms with van der Waals surface area (Å²) >= 11 is 0. The summed E-state index contributed by atoms with van der Waals surface area (Å²) < 4.78 is 14.4. The van der Waals surface area contributed by atoms with Crippen molar-refractivity contribution in [3.05, 3.63) is 108 Å². The Balaban J connectivity index is 1.43. The van der Waals surface area contributed by atoms with Gasteiger partial charge in [-0.05, 0) is 37.6 Å². The molecule has 0 radical (unpaired) electrons. The first kappa shape index (κ1) is 24.4. The summed E-state index contributed by atoms with van der Waals surface area (Å²) in [5.74, 6) is 0.716. The molecule has 1 fully saturated rings. The van der Waals surface area contributed by atoms with Gasteiger partial charge in [0.15, 0.2) is 5.82 Å². The second kappa shape index (κ2) is 10.8. The van der Waals surface area contributed by atoms with Crippen LogP contribution >= 0.6 is 0 Å². The molecule has 1 amide bonds. The summed E-state index contributed by atoms with van der Waals surface area (Å²) in [6, 6.07) is 24.5. The zero-order chi connectivity index (χ0) is 25.8. The molecule has 0 saturated carbocycles. The van der Waals surface area contributed by atoms with E-state index in [0.29, 0.717) is 49.1 Å². The lowest BCUT2D eigenvalue weighted by Gasteiger charge is -2.37. The van der Waals surface area contributed by atoms with Crippen molar-refractivity contribution in [1.82, 2.24) is 15.3 Å². The average molecular weight is 496 g/mol. The van der Waals surface area contributed by atoms with Crippen molar-refractivity contribution < 1.29 is 9.18 Å². The first-order chi connectivity index (χ1) is 18.0. The Bertz CT molecular complexity index is 1390. The van der Waals surface area contributed by atoms with E-state index >= 15 is 0 Å². The number of nitrogens with zero attached hydrogens (tertiary/aromatic N) is 4. The lowest BCUT2D eigenvalue weighted by Crippen LogP contribution is -2.47. The summed E-state index contributed by atoms with van der Waals surface area (Å²) in [4.78, 5) is 27.0. The van der Waals surface area contributed by atoms with Gasteiger partial charge in [0.2, 0.25) is 0 Å². The molecule has 0 bridgehead atoms. The van der Waals surface area contributed by atoms with Crippen LogP contribution < -0.4 is 15.1 Å². The van der Waals surface area contributed by atoms with Gasteiger partial charge in [0.25, 0.3) is 5.91 Å². The van der Waals surface area contributed by atoms with Crippen LogP contribution in [0.25, 0.3) is 11.4 Å². The number of piperazine rings is 1. The molecule has 1 aliphatic heterocycles. The van der Waals surface area contributed by atoms with Gasteiger partial charge < -0.3 is 15.1 Å². The van der Waals surface area contributed by atoms with Crippen molar-refractivity contribution in [2.75, 3.05) is 36.0 Å². The highest BCUT2D eigenvalue weighted by atomic mass is 19.1. The molecule has 1 aromatic heterocycles. The van der Waals surface area contributed by atoms with E-state index in [0.717, 1.165) is 16.7 Å². The zero-order valence-corrected chi connectivity index (χ0v) is 21.1. The van der Waals surface area contributed by atoms with Crippen LogP contribution in [0.3, 0.4) is 0 Å². The SMILES string of the molecule is Cc1cccc(-c2ncc(C(=O)N[C@@H](C)c3ccccc3)c(N3CCN(c4ccccc4F)CC3)n2)c1. The number of carbonyl (C=O) groups is 1. The number of hydrogen-bond donors (Lipinski definition) is 1. The van der Waals surface area contributed by atoms with E-state index in [1.165, 1.54) is 6.07 Å². The molecule has 3 aromatic carbocycles. The van der Waals surface area contributed by atoms with Crippen LogP contribution in [0.4, 0.5) is 15.9 Å². The number of amides is 1. The molecule has 1 aliphatic rings. The summed E-state index contributed by atoms with van der Waals surface area (Å²) in [6.45, 7) is 6.43. The Morgan fingerprint density at radius 2 is 1.62 bits per heavy atom. The summed E-state index contributed by atoms with van der Waals surface area (Å²) in [6.07, 6.45) is 1.62. The number of carbonyl (C=O) groups excluding carboxylic acids is 1. The second-order valence-corrected chi connectivity index (χ2v) is 9.33. The molecular formula is C30H30FN5O. The molecule has 4 aromatic rings. The summed E-state index contributed by atoms with van der Waals surface area (Å²) in [7, 11) is 0. The lowest BCUT2D eigenvalue weighted by atomic mass is 10.1. The molecular weight excluding hydrogens is 465 g/mol. The van der Waals surface area contributed by atoms with Gasteiger partial charge in [0, 0.05) is 37.9 Å². The minimum absolute atomic E-state index is 0.170. The maximum Gasteiger partial charge on any atom is 0.257 e. The van der Waals surface area contributed by atoms with Crippen molar-refractivity contribution in [3.63, 3.8) is 0 Å². The number of aryl methyl sites for hydroxylation is 1. The standard InChI is InChI=1S/C30H30FN5O/c1-21-9-8-12-24(19-21)28-32-20-25(30(37)33-22(2)23-10-4-3-5-11-23)29(34-28)36-17-15-35(16-18-36)27-14-7-6-13-26(27)31/h3-14,19-20,22H,15-18H2,1-2H3,(H,33,37)/t22-/m0/s1. The van der Waals surface area contributed by atoms with Crippen LogP contribution in [0, 0.1) is 12.7 Å². The first-order valence-electron chi connectivity index (χ1n) is 12.5. The molecule has 0 unspecified atom stereocenters. The highest BCUT2D eigenvalue weighted by Gasteiger charge is 2.26. The number of hydrogen-bond acceptors (Lipinski definition) is 5. The predicted molar refractivity (Wildman–Crippen MR) is 145 cm³/mol. The van der Waals surface area contributed by atoms with Gasteiger partial charge in [0.1, 0.15) is 17.2 Å². The van der Waals surface area contributed by atoms with Gasteiger partial charge in [0.05, 0.1) is 11.7 Å². The topological polar surface area (TPSA) is 61.4 Å². The van der Waals surface area contributed by atoms with Crippen LogP contribution in [-0.4, -0.2) is 42.1 Å². The van der Waals surface area contributed by atoms with Gasteiger partial charge in [-0.1, -0.05) is 66.2 Å². The molecule has 6 nitrogen and oxygen atoms in total. The van der Waals surface area contributed by atoms with Crippen molar-refractivity contribution in [3.8, 4) is 11.4 Å². The van der Waals surface area contributed by atoms with Crippen LogP contribution in [0.1, 0.15) is 34.5 Å². The van der Waals surface area contributed by atoms with Crippen molar-refractivity contribution in [1.29, 1.82) is 0 Å². The molecule has 0 aliphatic carbocycles. The van der Waals surface area contributed by atoms with E-state index in [1.807, 2.05) is 79.4 Å². The number of rotatable bonds is 6. The quantitative estimate of drug-likeness (QED) is 0.388. The molecule has 2 heterocycles. The van der Waals surface area contributed by atoms with E-state index in [9.17, 15) is 9.18 Å². The Labute approximate surface area is 216 Å². The molecule has 0 spiro atoms. The van der Waals surface area contributed by atoms with Crippen molar-refractivity contribution >= 4 is 17.4 Å². The molecule has 1 N–H and O–H groups in total. The minimum atomic E-state index is -0.227. The predicted octanol–water partition coefficient (Wildman–Crippen LogP) is 5.41. The fourth-order valence-corrected chi connectivity index (χ4v) is 4.66. The largest absolute Gasteiger partial charge is 0.366 e. The maximum atomic E-state index is 14.4. The van der Waals surface area contributed by atoms with Crippen LogP contribution in [0.2, 0.25) is 0 Å². The third kappa shape index (κ3) is 5.45. The Morgan fingerprint density at radius 3 is 2.35 bits per heavy atom. The van der Waals surface area contributed by atoms with Gasteiger partial charge in [-0.2, -0.15) is 0 Å². The van der Waals surface area contributed by atoms with Crippen LogP contribution in [0.5, 0.6) is 0 Å².